The molecule has 1 fully saturated rings. The SMILES string of the molecule is CC(C)c1cc(CCl)cc(N(Cc2ccsc2)C2CC2)n1. The molecule has 0 aliphatic heterocycles. The van der Waals surface area contributed by atoms with E-state index >= 15 is 0 Å². The van der Waals surface area contributed by atoms with Gasteiger partial charge in [0.2, 0.25) is 0 Å². The molecule has 0 spiro atoms. The molecule has 2 nitrogen and oxygen atoms in total. The highest BCUT2D eigenvalue weighted by Gasteiger charge is 2.30. The number of aromatic nitrogens is 1. The van der Waals surface area contributed by atoms with Crippen LogP contribution in [0.1, 0.15) is 49.4 Å². The summed E-state index contributed by atoms with van der Waals surface area (Å²) >= 11 is 7.83. The maximum atomic E-state index is 6.07. The molecule has 0 bridgehead atoms. The van der Waals surface area contributed by atoms with Crippen molar-refractivity contribution in [2.45, 2.75) is 51.1 Å². The first-order valence-corrected chi connectivity index (χ1v) is 8.99. The van der Waals surface area contributed by atoms with Gasteiger partial charge in [-0.25, -0.2) is 4.98 Å². The molecular weight excluding hydrogens is 300 g/mol. The van der Waals surface area contributed by atoms with Crippen molar-refractivity contribution in [1.82, 2.24) is 4.98 Å². The van der Waals surface area contributed by atoms with Crippen molar-refractivity contribution in [2.24, 2.45) is 0 Å². The predicted octanol–water partition coefficient (Wildman–Crippen LogP) is 5.17. The molecule has 0 atom stereocenters. The van der Waals surface area contributed by atoms with Gasteiger partial charge in [-0.3, -0.25) is 0 Å². The molecule has 3 rings (SSSR count). The zero-order valence-corrected chi connectivity index (χ0v) is 14.1. The van der Waals surface area contributed by atoms with Gasteiger partial charge in [0.15, 0.2) is 0 Å². The molecule has 0 N–H and O–H groups in total. The second kappa shape index (κ2) is 6.37. The van der Waals surface area contributed by atoms with E-state index in [4.69, 9.17) is 16.6 Å². The van der Waals surface area contributed by atoms with E-state index < -0.39 is 0 Å². The smallest absolute Gasteiger partial charge is 0.129 e. The van der Waals surface area contributed by atoms with Crippen molar-refractivity contribution in [3.63, 3.8) is 0 Å². The summed E-state index contributed by atoms with van der Waals surface area (Å²) in [7, 11) is 0. The lowest BCUT2D eigenvalue weighted by molar-refractivity contribution is 0.756. The maximum Gasteiger partial charge on any atom is 0.129 e. The number of halogens is 1. The highest BCUT2D eigenvalue weighted by molar-refractivity contribution is 7.07. The second-order valence-corrected chi connectivity index (χ2v) is 7.08. The van der Waals surface area contributed by atoms with Gasteiger partial charge in [-0.2, -0.15) is 11.3 Å². The van der Waals surface area contributed by atoms with Crippen LogP contribution in [0.4, 0.5) is 5.82 Å². The van der Waals surface area contributed by atoms with Crippen molar-refractivity contribution in [1.29, 1.82) is 0 Å². The van der Waals surface area contributed by atoms with Gasteiger partial charge >= 0.3 is 0 Å². The van der Waals surface area contributed by atoms with Gasteiger partial charge < -0.3 is 4.90 Å². The van der Waals surface area contributed by atoms with Crippen LogP contribution in [-0.4, -0.2) is 11.0 Å². The van der Waals surface area contributed by atoms with E-state index in [0.717, 1.165) is 18.1 Å². The predicted molar refractivity (Wildman–Crippen MR) is 91.4 cm³/mol. The summed E-state index contributed by atoms with van der Waals surface area (Å²) in [5.74, 6) is 2.06. The molecular formula is C17H21ClN2S. The van der Waals surface area contributed by atoms with Crippen molar-refractivity contribution in [3.05, 3.63) is 45.8 Å². The van der Waals surface area contributed by atoms with E-state index in [0.29, 0.717) is 17.8 Å². The molecule has 0 aromatic carbocycles. The molecule has 1 aliphatic carbocycles. The van der Waals surface area contributed by atoms with Crippen molar-refractivity contribution in [2.75, 3.05) is 4.90 Å². The third-order valence-corrected chi connectivity index (χ3v) is 4.89. The molecule has 2 aromatic rings. The number of alkyl halides is 1. The normalized spacial score (nSPS) is 14.7. The topological polar surface area (TPSA) is 16.1 Å². The Morgan fingerprint density at radius 3 is 2.71 bits per heavy atom. The molecule has 2 aromatic heterocycles. The molecule has 21 heavy (non-hydrogen) atoms. The number of hydrogen-bond donors (Lipinski definition) is 0. The van der Waals surface area contributed by atoms with Gasteiger partial charge in [0, 0.05) is 24.2 Å². The Balaban J connectivity index is 1.92. The summed E-state index contributed by atoms with van der Waals surface area (Å²) in [6, 6.07) is 7.14. The number of pyridine rings is 1. The van der Waals surface area contributed by atoms with Crippen LogP contribution >= 0.6 is 22.9 Å². The summed E-state index contributed by atoms with van der Waals surface area (Å²) in [4.78, 5) is 7.34. The first-order chi connectivity index (χ1) is 10.2. The Kier molecular flexibility index (Phi) is 4.51. The van der Waals surface area contributed by atoms with Crippen molar-refractivity contribution in [3.8, 4) is 0 Å². The molecule has 1 aliphatic rings. The Labute approximate surface area is 135 Å². The van der Waals surface area contributed by atoms with Gasteiger partial charge in [-0.1, -0.05) is 13.8 Å². The Bertz CT molecular complexity index is 591. The first-order valence-electron chi connectivity index (χ1n) is 7.52. The third-order valence-electron chi connectivity index (χ3n) is 3.85. The second-order valence-electron chi connectivity index (χ2n) is 6.04. The van der Waals surface area contributed by atoms with Crippen LogP contribution in [0, 0.1) is 0 Å². The number of hydrogen-bond acceptors (Lipinski definition) is 3. The molecule has 0 saturated heterocycles. The Morgan fingerprint density at radius 1 is 1.33 bits per heavy atom. The van der Waals surface area contributed by atoms with Crippen molar-refractivity contribution < 1.29 is 0 Å². The molecule has 2 heterocycles. The van der Waals surface area contributed by atoms with Crippen molar-refractivity contribution >= 4 is 28.8 Å². The van der Waals surface area contributed by atoms with Crippen LogP contribution in [0.3, 0.4) is 0 Å². The summed E-state index contributed by atoms with van der Waals surface area (Å²) in [5, 5.41) is 4.37. The average molecular weight is 321 g/mol. The molecule has 112 valence electrons. The number of nitrogens with zero attached hydrogens (tertiary/aromatic N) is 2. The van der Waals surface area contributed by atoms with E-state index in [1.165, 1.54) is 24.0 Å². The van der Waals surface area contributed by atoms with Crippen LogP contribution in [0.15, 0.2) is 29.0 Å². The molecule has 0 unspecified atom stereocenters. The minimum atomic E-state index is 0.425. The zero-order chi connectivity index (χ0) is 14.8. The van der Waals surface area contributed by atoms with Gasteiger partial charge in [0.1, 0.15) is 5.82 Å². The third kappa shape index (κ3) is 3.58. The summed E-state index contributed by atoms with van der Waals surface area (Å²) < 4.78 is 0. The Morgan fingerprint density at radius 2 is 2.14 bits per heavy atom. The fraction of sp³-hybridized carbons (Fsp3) is 0.471. The summed E-state index contributed by atoms with van der Waals surface area (Å²) in [6.07, 6.45) is 2.54. The summed E-state index contributed by atoms with van der Waals surface area (Å²) in [6.45, 7) is 5.32. The monoisotopic (exact) mass is 320 g/mol. The van der Waals surface area contributed by atoms with Crippen LogP contribution in [0.2, 0.25) is 0 Å². The number of rotatable bonds is 6. The van der Waals surface area contributed by atoms with Gasteiger partial charge in [0.05, 0.1) is 0 Å². The van der Waals surface area contributed by atoms with Gasteiger partial charge in [-0.05, 0) is 58.8 Å². The fourth-order valence-electron chi connectivity index (χ4n) is 2.48. The first kappa shape index (κ1) is 14.9. The maximum absolute atomic E-state index is 6.07. The molecule has 4 heteroatoms. The Hall–Kier alpha value is -1.06. The lowest BCUT2D eigenvalue weighted by Gasteiger charge is -2.25. The average Bonchev–Trinajstić information content (AvgIpc) is 3.20. The van der Waals surface area contributed by atoms with E-state index in [1.54, 1.807) is 11.3 Å². The minimum Gasteiger partial charge on any atom is -0.349 e. The highest BCUT2D eigenvalue weighted by Crippen LogP contribution is 2.33. The zero-order valence-electron chi connectivity index (χ0n) is 12.6. The van der Waals surface area contributed by atoms with E-state index in [1.807, 2.05) is 0 Å². The molecule has 0 amide bonds. The van der Waals surface area contributed by atoms with E-state index in [9.17, 15) is 0 Å². The standard InChI is InChI=1S/C17H21ClN2S/c1-12(2)16-7-14(9-18)8-17(19-16)20(15-3-4-15)10-13-5-6-21-11-13/h5-8,11-12,15H,3-4,9-10H2,1-2H3. The van der Waals surface area contributed by atoms with Crippen LogP contribution in [-0.2, 0) is 12.4 Å². The van der Waals surface area contributed by atoms with Crippen LogP contribution in [0.25, 0.3) is 0 Å². The fourth-order valence-corrected chi connectivity index (χ4v) is 3.29. The van der Waals surface area contributed by atoms with E-state index in [2.05, 4.69) is 47.7 Å². The lowest BCUT2D eigenvalue weighted by Crippen LogP contribution is -2.26. The van der Waals surface area contributed by atoms with Gasteiger partial charge in [0.25, 0.3) is 0 Å². The van der Waals surface area contributed by atoms with Crippen LogP contribution < -0.4 is 4.90 Å². The minimum absolute atomic E-state index is 0.425. The lowest BCUT2D eigenvalue weighted by atomic mass is 10.1. The quantitative estimate of drug-likeness (QED) is 0.682. The molecule has 0 radical (unpaired) electrons. The van der Waals surface area contributed by atoms with Crippen LogP contribution in [0.5, 0.6) is 0 Å². The number of thiophene rings is 1. The van der Waals surface area contributed by atoms with E-state index in [-0.39, 0.29) is 0 Å². The number of anilines is 1. The molecule has 1 saturated carbocycles. The highest BCUT2D eigenvalue weighted by atomic mass is 35.5. The summed E-state index contributed by atoms with van der Waals surface area (Å²) in [5.41, 5.74) is 3.68. The van der Waals surface area contributed by atoms with Gasteiger partial charge in [-0.15, -0.1) is 11.6 Å². The largest absolute Gasteiger partial charge is 0.349 e.